The Hall–Kier alpha value is -1.36. The molecule has 0 saturated heterocycles. The molecule has 0 radical (unpaired) electrons. The van der Waals surface area contributed by atoms with E-state index in [2.05, 4.69) is 12.2 Å². The Morgan fingerprint density at radius 2 is 2.04 bits per heavy atom. The van der Waals surface area contributed by atoms with Gasteiger partial charge in [0.15, 0.2) is 0 Å². The third-order valence-electron chi connectivity index (χ3n) is 5.26. The van der Waals surface area contributed by atoms with Crippen molar-refractivity contribution in [2.24, 2.45) is 11.8 Å². The summed E-state index contributed by atoms with van der Waals surface area (Å²) in [7, 11) is 0. The Balaban J connectivity index is 1.85. The highest BCUT2D eigenvalue weighted by Crippen LogP contribution is 2.41. The minimum atomic E-state index is -0.284. The molecule has 0 bridgehead atoms. The number of rotatable bonds is 6. The minimum absolute atomic E-state index is 0.0653. The Morgan fingerprint density at radius 1 is 1.25 bits per heavy atom. The van der Waals surface area contributed by atoms with Crippen molar-refractivity contribution in [2.45, 2.75) is 65.2 Å². The van der Waals surface area contributed by atoms with E-state index in [0.29, 0.717) is 23.1 Å². The molecule has 1 heterocycles. The minimum Gasteiger partial charge on any atom is -0.462 e. The van der Waals surface area contributed by atoms with Crippen molar-refractivity contribution in [3.63, 3.8) is 0 Å². The van der Waals surface area contributed by atoms with Crippen molar-refractivity contribution < 1.29 is 14.3 Å². The summed E-state index contributed by atoms with van der Waals surface area (Å²) in [6.07, 6.45) is 8.55. The second kappa shape index (κ2) is 7.68. The van der Waals surface area contributed by atoms with Crippen molar-refractivity contribution in [1.82, 2.24) is 0 Å². The second-order valence-corrected chi connectivity index (χ2v) is 8.05. The molecule has 1 saturated carbocycles. The predicted octanol–water partition coefficient (Wildman–Crippen LogP) is 4.57. The number of ether oxygens (including phenoxy) is 1. The van der Waals surface area contributed by atoms with Crippen LogP contribution in [0.5, 0.6) is 0 Å². The summed E-state index contributed by atoms with van der Waals surface area (Å²) in [6, 6.07) is 0. The Kier molecular flexibility index (Phi) is 5.59. The molecule has 0 aromatic carbocycles. The van der Waals surface area contributed by atoms with Gasteiger partial charge >= 0.3 is 5.97 Å². The van der Waals surface area contributed by atoms with E-state index in [0.717, 1.165) is 44.1 Å². The van der Waals surface area contributed by atoms with Crippen LogP contribution in [0.2, 0.25) is 0 Å². The normalized spacial score (nSPS) is 20.2. The predicted molar refractivity (Wildman–Crippen MR) is 96.7 cm³/mol. The largest absolute Gasteiger partial charge is 0.462 e. The van der Waals surface area contributed by atoms with Crippen LogP contribution in [0, 0.1) is 11.8 Å². The van der Waals surface area contributed by atoms with Crippen molar-refractivity contribution in [3.05, 3.63) is 16.0 Å². The zero-order chi connectivity index (χ0) is 17.1. The molecular weight excluding hydrogens is 322 g/mol. The maximum atomic E-state index is 12.5. The highest BCUT2D eigenvalue weighted by Gasteiger charge is 2.32. The number of amides is 1. The third-order valence-corrected chi connectivity index (χ3v) is 6.43. The molecule has 3 rings (SSSR count). The lowest BCUT2D eigenvalue weighted by atomic mass is 9.84. The molecule has 0 aliphatic heterocycles. The third kappa shape index (κ3) is 3.51. The van der Waals surface area contributed by atoms with Gasteiger partial charge < -0.3 is 10.1 Å². The molecule has 2 aliphatic rings. The maximum absolute atomic E-state index is 12.5. The quantitative estimate of drug-likeness (QED) is 0.766. The monoisotopic (exact) mass is 349 g/mol. The van der Waals surface area contributed by atoms with E-state index in [1.54, 1.807) is 11.3 Å². The molecule has 1 aromatic rings. The molecule has 1 aromatic heterocycles. The average molecular weight is 349 g/mol. The molecule has 132 valence electrons. The van der Waals surface area contributed by atoms with Crippen LogP contribution in [-0.2, 0) is 22.4 Å². The lowest BCUT2D eigenvalue weighted by Crippen LogP contribution is -2.28. The molecule has 24 heavy (non-hydrogen) atoms. The van der Waals surface area contributed by atoms with Crippen LogP contribution in [0.25, 0.3) is 0 Å². The highest BCUT2D eigenvalue weighted by atomic mass is 32.1. The highest BCUT2D eigenvalue weighted by molar-refractivity contribution is 7.17. The zero-order valence-corrected chi connectivity index (χ0v) is 15.5. The topological polar surface area (TPSA) is 55.4 Å². The van der Waals surface area contributed by atoms with Crippen LogP contribution in [0.4, 0.5) is 5.00 Å². The summed E-state index contributed by atoms with van der Waals surface area (Å²) in [5.41, 5.74) is 1.74. The smallest absolute Gasteiger partial charge is 0.341 e. The van der Waals surface area contributed by atoms with Gasteiger partial charge in [-0.15, -0.1) is 11.3 Å². The van der Waals surface area contributed by atoms with E-state index in [-0.39, 0.29) is 17.8 Å². The number of carbonyl (C=O) groups excluding carboxylic acids is 2. The average Bonchev–Trinajstić information content (AvgIpc) is 2.82. The number of nitrogens with one attached hydrogen (secondary N) is 1. The van der Waals surface area contributed by atoms with Gasteiger partial charge in [-0.2, -0.15) is 0 Å². The van der Waals surface area contributed by atoms with Gasteiger partial charge in [0.05, 0.1) is 12.2 Å². The molecule has 1 amide bonds. The zero-order valence-electron chi connectivity index (χ0n) is 14.7. The van der Waals surface area contributed by atoms with Crippen LogP contribution >= 0.6 is 11.3 Å². The Morgan fingerprint density at radius 3 is 2.67 bits per heavy atom. The van der Waals surface area contributed by atoms with E-state index >= 15 is 0 Å². The summed E-state index contributed by atoms with van der Waals surface area (Å²) in [6.45, 7) is 4.40. The van der Waals surface area contributed by atoms with Gasteiger partial charge in [-0.25, -0.2) is 4.79 Å². The fourth-order valence-electron chi connectivity index (χ4n) is 3.70. The van der Waals surface area contributed by atoms with Gasteiger partial charge in [0.25, 0.3) is 0 Å². The second-order valence-electron chi connectivity index (χ2n) is 6.94. The molecule has 2 aliphatic carbocycles. The number of hydrogen-bond donors (Lipinski definition) is 1. The van der Waals surface area contributed by atoms with Crippen LogP contribution in [0.1, 0.15) is 73.2 Å². The summed E-state index contributed by atoms with van der Waals surface area (Å²) in [5.74, 6) is 0.599. The van der Waals surface area contributed by atoms with Gasteiger partial charge in [-0.3, -0.25) is 4.79 Å². The number of thiophene rings is 1. The standard InChI is InChI=1S/C19H27NO3S/c1-3-6-12-9-10-14-15(11-12)24-18(16(14)19(22)23-4-2)20-17(21)13-7-5-8-13/h12-13H,3-11H2,1-2H3,(H,20,21). The van der Waals surface area contributed by atoms with E-state index < -0.39 is 0 Å². The fraction of sp³-hybridized carbons (Fsp3) is 0.684. The first-order valence-corrected chi connectivity index (χ1v) is 10.1. The molecule has 1 unspecified atom stereocenters. The molecule has 4 nitrogen and oxygen atoms in total. The van der Waals surface area contributed by atoms with Gasteiger partial charge in [0.1, 0.15) is 5.00 Å². The number of carbonyl (C=O) groups is 2. The molecule has 1 N–H and O–H groups in total. The molecule has 1 fully saturated rings. The summed E-state index contributed by atoms with van der Waals surface area (Å²) < 4.78 is 5.27. The first-order chi connectivity index (χ1) is 11.6. The van der Waals surface area contributed by atoms with Crippen LogP contribution < -0.4 is 5.32 Å². The lowest BCUT2D eigenvalue weighted by Gasteiger charge is -2.24. The molecule has 5 heteroatoms. The van der Waals surface area contributed by atoms with Crippen LogP contribution in [0.3, 0.4) is 0 Å². The first-order valence-electron chi connectivity index (χ1n) is 9.26. The molecule has 0 spiro atoms. The van der Waals surface area contributed by atoms with E-state index in [4.69, 9.17) is 4.74 Å². The number of esters is 1. The van der Waals surface area contributed by atoms with Crippen molar-refractivity contribution in [3.8, 4) is 0 Å². The Labute approximate surface area is 148 Å². The number of anilines is 1. The van der Waals surface area contributed by atoms with Gasteiger partial charge in [0.2, 0.25) is 5.91 Å². The summed E-state index contributed by atoms with van der Waals surface area (Å²) in [4.78, 5) is 26.1. The summed E-state index contributed by atoms with van der Waals surface area (Å²) >= 11 is 1.59. The van der Waals surface area contributed by atoms with Crippen molar-refractivity contribution >= 4 is 28.2 Å². The van der Waals surface area contributed by atoms with Crippen molar-refractivity contribution in [2.75, 3.05) is 11.9 Å². The number of hydrogen-bond acceptors (Lipinski definition) is 4. The van der Waals surface area contributed by atoms with Gasteiger partial charge in [-0.1, -0.05) is 26.2 Å². The van der Waals surface area contributed by atoms with E-state index in [1.807, 2.05) is 6.92 Å². The molecular formula is C19H27NO3S. The fourth-order valence-corrected chi connectivity index (χ4v) is 5.05. The maximum Gasteiger partial charge on any atom is 0.341 e. The van der Waals surface area contributed by atoms with Crippen molar-refractivity contribution in [1.29, 1.82) is 0 Å². The first kappa shape index (κ1) is 17.5. The van der Waals surface area contributed by atoms with E-state index in [1.165, 1.54) is 17.7 Å². The van der Waals surface area contributed by atoms with Crippen LogP contribution in [-0.4, -0.2) is 18.5 Å². The summed E-state index contributed by atoms with van der Waals surface area (Å²) in [5, 5.41) is 3.75. The number of fused-ring (bicyclic) bond motifs is 1. The molecule has 1 atom stereocenters. The van der Waals surface area contributed by atoms with Crippen LogP contribution in [0.15, 0.2) is 0 Å². The Bertz CT molecular complexity index is 618. The lowest BCUT2D eigenvalue weighted by molar-refractivity contribution is -0.122. The SMILES string of the molecule is CCCC1CCc2c(sc(NC(=O)C3CCC3)c2C(=O)OCC)C1. The van der Waals surface area contributed by atoms with Gasteiger partial charge in [-0.05, 0) is 50.5 Å². The van der Waals surface area contributed by atoms with E-state index in [9.17, 15) is 9.59 Å². The van der Waals surface area contributed by atoms with Gasteiger partial charge in [0, 0.05) is 10.8 Å².